The average Bonchev–Trinajstić information content (AvgIpc) is 3.42. The van der Waals surface area contributed by atoms with Crippen LogP contribution in [0.4, 0.5) is 0 Å². The molecule has 0 saturated carbocycles. The Morgan fingerprint density at radius 1 is 0.329 bits per heavy atom. The van der Waals surface area contributed by atoms with Crippen LogP contribution in [0, 0.1) is 0 Å². The fourth-order valence-corrected chi connectivity index (χ4v) is 11.0. The van der Waals surface area contributed by atoms with Crippen molar-refractivity contribution in [3.05, 3.63) is 36.5 Å². The van der Waals surface area contributed by atoms with Crippen LogP contribution in [0.25, 0.3) is 0 Å². The molecule has 4 atom stereocenters. The third-order valence-corrected chi connectivity index (χ3v) is 16.3. The van der Waals surface area contributed by atoms with Gasteiger partial charge in [0, 0.05) is 0 Å². The topological polar surface area (TPSA) is 110 Å². The van der Waals surface area contributed by atoms with Crippen LogP contribution in [0.2, 0.25) is 0 Å². The first kappa shape index (κ1) is 74.5. The molecule has 0 radical (unpaired) electrons. The van der Waals surface area contributed by atoms with Gasteiger partial charge in [0.15, 0.2) is 0 Å². The molecule has 0 rings (SSSR count). The minimum absolute atomic E-state index is 0.364. The van der Waals surface area contributed by atoms with Gasteiger partial charge in [0.05, 0.1) is 18.8 Å². The molecule has 76 heavy (non-hydrogen) atoms. The summed E-state index contributed by atoms with van der Waals surface area (Å²) in [6.45, 7) is 4.09. The van der Waals surface area contributed by atoms with Gasteiger partial charge in [-0.3, -0.25) is 4.79 Å². The van der Waals surface area contributed by atoms with E-state index in [4.69, 9.17) is 0 Å². The third-order valence-electron chi connectivity index (χ3n) is 16.3. The first-order chi connectivity index (χ1) is 37.5. The van der Waals surface area contributed by atoms with Crippen LogP contribution in [0.1, 0.15) is 373 Å². The monoisotopic (exact) mass is 1070 g/mol. The molecule has 5 N–H and O–H groups in total. The van der Waals surface area contributed by atoms with E-state index in [0.29, 0.717) is 12.8 Å². The Labute approximate surface area is 475 Å². The second kappa shape index (κ2) is 64.4. The minimum Gasteiger partial charge on any atom is -0.394 e. The van der Waals surface area contributed by atoms with Gasteiger partial charge in [-0.15, -0.1) is 0 Å². The molecule has 4 unspecified atom stereocenters. The molecule has 450 valence electrons. The number of nitrogens with one attached hydrogen (secondary N) is 1. The van der Waals surface area contributed by atoms with Crippen molar-refractivity contribution < 1.29 is 25.2 Å². The van der Waals surface area contributed by atoms with Crippen molar-refractivity contribution in [3.63, 3.8) is 0 Å². The van der Waals surface area contributed by atoms with Gasteiger partial charge < -0.3 is 25.7 Å². The highest BCUT2D eigenvalue weighted by molar-refractivity contribution is 5.80. The van der Waals surface area contributed by atoms with E-state index >= 15 is 0 Å². The van der Waals surface area contributed by atoms with E-state index in [9.17, 15) is 25.2 Å². The third kappa shape index (κ3) is 57.2. The smallest absolute Gasteiger partial charge is 0.249 e. The molecule has 0 aliphatic heterocycles. The SMILES string of the molecule is CCCCCCCCCCC/C=C\C/C=C\CCCCCCCCCCCCCCCCC(O)C(=O)NC(CO)C(O)C(O)CCC/C=C/CCCCCCCCCCCCCCCCCCCCCCCCCCC. The maximum absolute atomic E-state index is 12.7. The number of hydrogen-bond donors (Lipinski definition) is 5. The van der Waals surface area contributed by atoms with Gasteiger partial charge >= 0.3 is 0 Å². The summed E-state index contributed by atoms with van der Waals surface area (Å²) in [5, 5.41) is 44.2. The van der Waals surface area contributed by atoms with Crippen molar-refractivity contribution in [1.29, 1.82) is 0 Å². The van der Waals surface area contributed by atoms with Gasteiger partial charge in [-0.2, -0.15) is 0 Å². The van der Waals surface area contributed by atoms with Gasteiger partial charge in [0.1, 0.15) is 12.2 Å². The zero-order valence-electron chi connectivity index (χ0n) is 51.3. The standard InChI is InChI=1S/C70H135NO5/c1-3-5-7-9-11-13-15-17-19-21-23-25-27-29-31-33-35-37-39-41-43-45-47-49-51-53-55-57-59-61-63-67(73)69(75)66(65-72)71-70(76)68(74)64-62-60-58-56-54-52-50-48-46-44-42-40-38-36-34-32-30-28-26-24-22-20-18-16-14-12-10-8-6-4-2/h24,26,30,32,55,57,66-69,72-75H,3-23,25,27-29,31,33-54,56,58-65H2,1-2H3,(H,71,76)/b26-24-,32-30-,57-55+. The summed E-state index contributed by atoms with van der Waals surface area (Å²) in [6.07, 6.45) is 82.7. The molecule has 0 heterocycles. The predicted molar refractivity (Wildman–Crippen MR) is 334 cm³/mol. The summed E-state index contributed by atoms with van der Waals surface area (Å²) in [6, 6.07) is -1.00. The summed E-state index contributed by atoms with van der Waals surface area (Å²) in [7, 11) is 0. The van der Waals surface area contributed by atoms with Crippen LogP contribution in [-0.4, -0.2) is 57.3 Å². The van der Waals surface area contributed by atoms with Crippen LogP contribution in [0.15, 0.2) is 36.5 Å². The maximum atomic E-state index is 12.7. The Morgan fingerprint density at radius 3 is 0.868 bits per heavy atom. The van der Waals surface area contributed by atoms with Gasteiger partial charge in [-0.1, -0.05) is 339 Å². The Balaban J connectivity index is 3.58. The number of rotatable bonds is 64. The number of amides is 1. The predicted octanol–water partition coefficient (Wildman–Crippen LogP) is 21.1. The van der Waals surface area contributed by atoms with Crippen LogP contribution >= 0.6 is 0 Å². The fraction of sp³-hybridized carbons (Fsp3) is 0.900. The Kier molecular flexibility index (Phi) is 63.1. The molecular weight excluding hydrogens is 935 g/mol. The molecule has 0 aromatic rings. The van der Waals surface area contributed by atoms with Gasteiger partial charge in [-0.25, -0.2) is 0 Å². The van der Waals surface area contributed by atoms with E-state index in [2.05, 4.69) is 55.6 Å². The second-order valence-corrected chi connectivity index (χ2v) is 23.9. The van der Waals surface area contributed by atoms with Gasteiger partial charge in [0.2, 0.25) is 5.91 Å². The first-order valence-electron chi connectivity index (χ1n) is 34.4. The molecule has 6 nitrogen and oxygen atoms in total. The molecule has 0 aromatic carbocycles. The molecule has 0 aliphatic carbocycles. The summed E-state index contributed by atoms with van der Waals surface area (Å²) in [5.74, 6) is -0.588. The minimum atomic E-state index is -1.28. The zero-order chi connectivity index (χ0) is 55.1. The lowest BCUT2D eigenvalue weighted by Crippen LogP contribution is -2.53. The first-order valence-corrected chi connectivity index (χ1v) is 34.4. The fourth-order valence-electron chi connectivity index (χ4n) is 11.0. The number of aliphatic hydroxyl groups excluding tert-OH is 4. The Hall–Kier alpha value is -1.47. The van der Waals surface area contributed by atoms with Crippen molar-refractivity contribution in [1.82, 2.24) is 5.32 Å². The van der Waals surface area contributed by atoms with Crippen LogP contribution < -0.4 is 5.32 Å². The highest BCUT2D eigenvalue weighted by Crippen LogP contribution is 2.19. The molecule has 0 bridgehead atoms. The number of unbranched alkanes of at least 4 members (excludes halogenated alkanes) is 49. The van der Waals surface area contributed by atoms with Crippen LogP contribution in [0.5, 0.6) is 0 Å². The Bertz CT molecular complexity index is 1200. The lowest BCUT2D eigenvalue weighted by atomic mass is 10.00. The van der Waals surface area contributed by atoms with E-state index in [1.54, 1.807) is 0 Å². The molecule has 6 heteroatoms. The van der Waals surface area contributed by atoms with Crippen molar-refractivity contribution in [2.24, 2.45) is 0 Å². The maximum Gasteiger partial charge on any atom is 0.249 e. The van der Waals surface area contributed by atoms with Crippen molar-refractivity contribution >= 4 is 5.91 Å². The lowest BCUT2D eigenvalue weighted by molar-refractivity contribution is -0.132. The summed E-state index contributed by atoms with van der Waals surface area (Å²) in [4.78, 5) is 12.7. The number of carbonyl (C=O) groups is 1. The number of hydrogen-bond acceptors (Lipinski definition) is 5. The quantitative estimate of drug-likeness (QED) is 0.0308. The van der Waals surface area contributed by atoms with E-state index in [-0.39, 0.29) is 0 Å². The number of aliphatic hydroxyl groups is 4. The van der Waals surface area contributed by atoms with Gasteiger partial charge in [-0.05, 0) is 70.6 Å². The second-order valence-electron chi connectivity index (χ2n) is 23.9. The summed E-state index contributed by atoms with van der Waals surface area (Å²) >= 11 is 0. The molecule has 0 fully saturated rings. The van der Waals surface area contributed by atoms with E-state index in [1.807, 2.05) is 0 Å². The normalized spacial score (nSPS) is 13.7. The zero-order valence-corrected chi connectivity index (χ0v) is 51.3. The number of carbonyl (C=O) groups excluding carboxylic acids is 1. The van der Waals surface area contributed by atoms with Crippen molar-refractivity contribution in [3.8, 4) is 0 Å². The summed E-state index contributed by atoms with van der Waals surface area (Å²) in [5.41, 5.74) is 0. The molecule has 0 saturated heterocycles. The highest BCUT2D eigenvalue weighted by atomic mass is 16.3. The van der Waals surface area contributed by atoms with E-state index < -0.39 is 36.9 Å². The number of allylic oxidation sites excluding steroid dienone is 6. The van der Waals surface area contributed by atoms with Crippen LogP contribution in [0.3, 0.4) is 0 Å². The molecule has 0 aliphatic rings. The molecule has 1 amide bonds. The molecule has 0 spiro atoms. The van der Waals surface area contributed by atoms with Crippen LogP contribution in [-0.2, 0) is 4.79 Å². The average molecular weight is 1070 g/mol. The highest BCUT2D eigenvalue weighted by Gasteiger charge is 2.28. The molecular formula is C70H135NO5. The van der Waals surface area contributed by atoms with E-state index in [1.165, 1.54) is 302 Å². The Morgan fingerprint density at radius 2 is 0.579 bits per heavy atom. The van der Waals surface area contributed by atoms with E-state index in [0.717, 1.165) is 44.9 Å². The molecule has 0 aromatic heterocycles. The largest absolute Gasteiger partial charge is 0.394 e. The van der Waals surface area contributed by atoms with Crippen molar-refractivity contribution in [2.45, 2.75) is 398 Å². The lowest BCUT2D eigenvalue weighted by Gasteiger charge is -2.27. The van der Waals surface area contributed by atoms with Gasteiger partial charge in [0.25, 0.3) is 0 Å². The van der Waals surface area contributed by atoms with Crippen molar-refractivity contribution in [2.75, 3.05) is 6.61 Å². The summed E-state index contributed by atoms with van der Waals surface area (Å²) < 4.78 is 0.